The highest BCUT2D eigenvalue weighted by Gasteiger charge is 2.38. The van der Waals surface area contributed by atoms with Crippen molar-refractivity contribution in [2.45, 2.75) is 51.4 Å². The third-order valence-electron chi connectivity index (χ3n) is 5.35. The monoisotopic (exact) mass is 359 g/mol. The maximum Gasteiger partial charge on any atom is 0.250 e. The Morgan fingerprint density at radius 3 is 2.48 bits per heavy atom. The number of rotatable bonds is 4. The molecule has 25 heavy (non-hydrogen) atoms. The SMILES string of the molecule is CC(C)(C)[Si](C)(C)Oc1ccc(-c2nn(C3CCOC3)cc2N)cc1. The number of nitrogen functional groups attached to an aromatic ring is 1. The summed E-state index contributed by atoms with van der Waals surface area (Å²) in [6, 6.07) is 8.41. The highest BCUT2D eigenvalue weighted by molar-refractivity contribution is 6.74. The molecule has 1 fully saturated rings. The predicted molar refractivity (Wildman–Crippen MR) is 104 cm³/mol. The second-order valence-corrected chi connectivity index (χ2v) is 13.0. The number of aromatic nitrogens is 2. The number of nitrogens with two attached hydrogens (primary N) is 1. The van der Waals surface area contributed by atoms with Gasteiger partial charge in [0.25, 0.3) is 0 Å². The molecule has 3 rings (SSSR count). The van der Waals surface area contributed by atoms with Crippen LogP contribution in [0.5, 0.6) is 5.75 Å². The van der Waals surface area contributed by atoms with Crippen molar-refractivity contribution in [1.29, 1.82) is 0 Å². The second-order valence-electron chi connectivity index (χ2n) is 8.32. The zero-order valence-electron chi connectivity index (χ0n) is 15.9. The summed E-state index contributed by atoms with van der Waals surface area (Å²) in [4.78, 5) is 0. The van der Waals surface area contributed by atoms with Crippen molar-refractivity contribution in [3.05, 3.63) is 30.5 Å². The van der Waals surface area contributed by atoms with Gasteiger partial charge >= 0.3 is 0 Å². The van der Waals surface area contributed by atoms with Crippen molar-refractivity contribution in [2.75, 3.05) is 18.9 Å². The first-order valence-corrected chi connectivity index (χ1v) is 11.8. The Kier molecular flexibility index (Phi) is 4.68. The molecule has 1 unspecified atom stereocenters. The summed E-state index contributed by atoms with van der Waals surface area (Å²) >= 11 is 0. The summed E-state index contributed by atoms with van der Waals surface area (Å²) < 4.78 is 13.7. The summed E-state index contributed by atoms with van der Waals surface area (Å²) in [5.74, 6) is 0.914. The molecule has 0 spiro atoms. The lowest BCUT2D eigenvalue weighted by atomic mass is 10.1. The molecule has 6 heteroatoms. The first-order valence-electron chi connectivity index (χ1n) is 8.89. The summed E-state index contributed by atoms with van der Waals surface area (Å²) in [7, 11) is -1.83. The fourth-order valence-corrected chi connectivity index (χ4v) is 3.71. The van der Waals surface area contributed by atoms with Gasteiger partial charge < -0.3 is 14.9 Å². The van der Waals surface area contributed by atoms with E-state index < -0.39 is 8.32 Å². The highest BCUT2D eigenvalue weighted by atomic mass is 28.4. The minimum Gasteiger partial charge on any atom is -0.544 e. The first kappa shape index (κ1) is 18.0. The zero-order valence-corrected chi connectivity index (χ0v) is 16.9. The quantitative estimate of drug-likeness (QED) is 0.818. The Labute approximate surface area is 151 Å². The van der Waals surface area contributed by atoms with Gasteiger partial charge in [-0.1, -0.05) is 20.8 Å². The first-order chi connectivity index (χ1) is 11.7. The van der Waals surface area contributed by atoms with E-state index in [-0.39, 0.29) is 11.1 Å². The van der Waals surface area contributed by atoms with E-state index in [2.05, 4.69) is 39.0 Å². The van der Waals surface area contributed by atoms with E-state index in [0.29, 0.717) is 12.3 Å². The fraction of sp³-hybridized carbons (Fsp3) is 0.526. The molecule has 136 valence electrons. The summed E-state index contributed by atoms with van der Waals surface area (Å²) in [5.41, 5.74) is 8.73. The van der Waals surface area contributed by atoms with Gasteiger partial charge in [-0.3, -0.25) is 4.68 Å². The van der Waals surface area contributed by atoms with Crippen molar-refractivity contribution in [3.63, 3.8) is 0 Å². The molecule has 0 amide bonds. The molecule has 1 aromatic heterocycles. The number of hydrogen-bond donors (Lipinski definition) is 1. The van der Waals surface area contributed by atoms with Gasteiger partial charge in [-0.15, -0.1) is 0 Å². The van der Waals surface area contributed by atoms with Crippen LogP contribution >= 0.6 is 0 Å². The van der Waals surface area contributed by atoms with Crippen LogP contribution in [-0.2, 0) is 4.74 Å². The lowest BCUT2D eigenvalue weighted by Crippen LogP contribution is -2.43. The summed E-state index contributed by atoms with van der Waals surface area (Å²) in [6.45, 7) is 12.7. The Bertz CT molecular complexity index is 726. The molecular weight excluding hydrogens is 330 g/mol. The third kappa shape index (κ3) is 3.74. The minimum absolute atomic E-state index is 0.179. The van der Waals surface area contributed by atoms with E-state index in [0.717, 1.165) is 30.0 Å². The van der Waals surface area contributed by atoms with Crippen molar-refractivity contribution in [3.8, 4) is 17.0 Å². The maximum absolute atomic E-state index is 6.34. The predicted octanol–water partition coefficient (Wildman–Crippen LogP) is 4.48. The van der Waals surface area contributed by atoms with E-state index >= 15 is 0 Å². The highest BCUT2D eigenvalue weighted by Crippen LogP contribution is 2.38. The molecule has 5 nitrogen and oxygen atoms in total. The molecule has 2 heterocycles. The molecule has 2 N–H and O–H groups in total. The summed E-state index contributed by atoms with van der Waals surface area (Å²) in [6.07, 6.45) is 2.90. The van der Waals surface area contributed by atoms with Crippen LogP contribution in [0.4, 0.5) is 5.69 Å². The fourth-order valence-electron chi connectivity index (χ4n) is 2.68. The standard InChI is InChI=1S/C19H29N3O2Si/c1-19(2,3)25(4,5)24-16-8-6-14(7-9-16)18-17(20)12-22(21-18)15-10-11-23-13-15/h6-9,12,15H,10-11,13,20H2,1-5H3. The van der Waals surface area contributed by atoms with Gasteiger partial charge in [0.15, 0.2) is 0 Å². The van der Waals surface area contributed by atoms with E-state index in [1.165, 1.54) is 0 Å². The molecular formula is C19H29N3O2Si. The van der Waals surface area contributed by atoms with E-state index in [9.17, 15) is 0 Å². The van der Waals surface area contributed by atoms with Gasteiger partial charge in [0.1, 0.15) is 11.4 Å². The normalized spacial score (nSPS) is 18.5. The number of ether oxygens (including phenoxy) is 1. The maximum atomic E-state index is 6.34. The topological polar surface area (TPSA) is 62.3 Å². The number of hydrogen-bond acceptors (Lipinski definition) is 4. The smallest absolute Gasteiger partial charge is 0.250 e. The summed E-state index contributed by atoms with van der Waals surface area (Å²) in [5, 5.41) is 4.86. The Morgan fingerprint density at radius 2 is 1.92 bits per heavy atom. The number of nitrogens with zero attached hydrogens (tertiary/aromatic N) is 2. The lowest BCUT2D eigenvalue weighted by Gasteiger charge is -2.36. The molecule has 1 saturated heterocycles. The van der Waals surface area contributed by atoms with Gasteiger partial charge in [-0.25, -0.2) is 0 Å². The van der Waals surface area contributed by atoms with Crippen LogP contribution in [-0.4, -0.2) is 31.3 Å². The van der Waals surface area contributed by atoms with Gasteiger partial charge in [-0.2, -0.15) is 5.10 Å². The van der Waals surface area contributed by atoms with E-state index in [1.807, 2.05) is 35.1 Å². The van der Waals surface area contributed by atoms with Gasteiger partial charge in [-0.05, 0) is 48.8 Å². The zero-order chi connectivity index (χ0) is 18.2. The lowest BCUT2D eigenvalue weighted by molar-refractivity contribution is 0.184. The van der Waals surface area contributed by atoms with Crippen LogP contribution in [0.25, 0.3) is 11.3 Å². The Hall–Kier alpha value is -1.79. The van der Waals surface area contributed by atoms with Gasteiger partial charge in [0.2, 0.25) is 8.32 Å². The third-order valence-corrected chi connectivity index (χ3v) is 9.71. The van der Waals surface area contributed by atoms with Crippen LogP contribution in [0.1, 0.15) is 33.2 Å². The average molecular weight is 360 g/mol. The number of benzene rings is 1. The van der Waals surface area contributed by atoms with E-state index in [1.54, 1.807) is 0 Å². The van der Waals surface area contributed by atoms with Crippen molar-refractivity contribution in [2.24, 2.45) is 0 Å². The largest absolute Gasteiger partial charge is 0.544 e. The molecule has 1 aliphatic rings. The van der Waals surface area contributed by atoms with Crippen molar-refractivity contribution < 1.29 is 9.16 Å². The van der Waals surface area contributed by atoms with Crippen LogP contribution in [0, 0.1) is 0 Å². The number of anilines is 1. The van der Waals surface area contributed by atoms with Crippen LogP contribution in [0.3, 0.4) is 0 Å². The average Bonchev–Trinajstić information content (AvgIpc) is 3.16. The molecule has 1 atom stereocenters. The second kappa shape index (κ2) is 6.50. The molecule has 0 radical (unpaired) electrons. The molecule has 0 saturated carbocycles. The van der Waals surface area contributed by atoms with E-state index in [4.69, 9.17) is 14.9 Å². The van der Waals surface area contributed by atoms with Crippen molar-refractivity contribution >= 4 is 14.0 Å². The Balaban J connectivity index is 1.79. The Morgan fingerprint density at radius 1 is 1.24 bits per heavy atom. The molecule has 2 aromatic rings. The van der Waals surface area contributed by atoms with Crippen LogP contribution in [0.15, 0.2) is 30.5 Å². The van der Waals surface area contributed by atoms with Gasteiger partial charge in [0.05, 0.1) is 18.3 Å². The molecule has 1 aromatic carbocycles. The molecule has 0 aliphatic carbocycles. The van der Waals surface area contributed by atoms with Crippen molar-refractivity contribution in [1.82, 2.24) is 9.78 Å². The minimum atomic E-state index is -1.83. The molecule has 0 bridgehead atoms. The van der Waals surface area contributed by atoms with Gasteiger partial charge in [0, 0.05) is 18.4 Å². The molecule has 1 aliphatic heterocycles. The van der Waals surface area contributed by atoms with Crippen LogP contribution < -0.4 is 10.2 Å². The van der Waals surface area contributed by atoms with Crippen LogP contribution in [0.2, 0.25) is 18.1 Å².